The highest BCUT2D eigenvalue weighted by Gasteiger charge is 2.11. The highest BCUT2D eigenvalue weighted by Crippen LogP contribution is 1.91. The standard InChI is InChI=1S/C10H11N5O3/c1-6(16)7-4-11-10(18)15(9(7)17)3-2-8-12-5-13-14-8/h4-5H,2-3H2,1H3,(H,11,18)(H,12,13,14). The highest BCUT2D eigenvalue weighted by atomic mass is 16.2. The summed E-state index contributed by atoms with van der Waals surface area (Å²) in [4.78, 5) is 40.8. The summed E-state index contributed by atoms with van der Waals surface area (Å²) < 4.78 is 0.971. The Hall–Kier alpha value is -2.51. The lowest BCUT2D eigenvalue weighted by Gasteiger charge is -2.04. The van der Waals surface area contributed by atoms with Crippen molar-refractivity contribution in [3.63, 3.8) is 0 Å². The van der Waals surface area contributed by atoms with Gasteiger partial charge in [-0.2, -0.15) is 5.10 Å². The van der Waals surface area contributed by atoms with Gasteiger partial charge in [0.15, 0.2) is 5.78 Å². The number of ketones is 1. The minimum atomic E-state index is -0.592. The molecular weight excluding hydrogens is 238 g/mol. The fourth-order valence-electron chi connectivity index (χ4n) is 1.54. The van der Waals surface area contributed by atoms with Gasteiger partial charge in [-0.25, -0.2) is 9.78 Å². The van der Waals surface area contributed by atoms with Crippen LogP contribution in [0.25, 0.3) is 0 Å². The normalized spacial score (nSPS) is 10.5. The van der Waals surface area contributed by atoms with Crippen molar-refractivity contribution in [2.45, 2.75) is 19.9 Å². The first-order valence-electron chi connectivity index (χ1n) is 5.27. The van der Waals surface area contributed by atoms with Crippen molar-refractivity contribution in [2.24, 2.45) is 0 Å². The first-order chi connectivity index (χ1) is 8.59. The number of aromatic amines is 2. The van der Waals surface area contributed by atoms with E-state index in [0.717, 1.165) is 10.8 Å². The number of rotatable bonds is 4. The molecule has 0 unspecified atom stereocenters. The van der Waals surface area contributed by atoms with Crippen LogP contribution in [0.4, 0.5) is 0 Å². The number of hydrogen-bond donors (Lipinski definition) is 2. The summed E-state index contributed by atoms with van der Waals surface area (Å²) in [6.45, 7) is 1.40. The van der Waals surface area contributed by atoms with Gasteiger partial charge in [-0.1, -0.05) is 0 Å². The molecular formula is C10H11N5O3. The van der Waals surface area contributed by atoms with Crippen LogP contribution in [-0.2, 0) is 13.0 Å². The number of hydrogen-bond acceptors (Lipinski definition) is 5. The Kier molecular flexibility index (Phi) is 3.18. The van der Waals surface area contributed by atoms with Crippen molar-refractivity contribution in [2.75, 3.05) is 0 Å². The number of carbonyl (C=O) groups excluding carboxylic acids is 1. The Morgan fingerprint density at radius 2 is 2.22 bits per heavy atom. The first-order valence-corrected chi connectivity index (χ1v) is 5.27. The van der Waals surface area contributed by atoms with Crippen molar-refractivity contribution in [1.82, 2.24) is 24.7 Å². The quantitative estimate of drug-likeness (QED) is 0.681. The third-order valence-corrected chi connectivity index (χ3v) is 2.48. The van der Waals surface area contributed by atoms with Gasteiger partial charge >= 0.3 is 5.69 Å². The Morgan fingerprint density at radius 3 is 2.83 bits per heavy atom. The van der Waals surface area contributed by atoms with Crippen LogP contribution in [0.15, 0.2) is 22.1 Å². The molecule has 0 aromatic carbocycles. The van der Waals surface area contributed by atoms with Crippen LogP contribution < -0.4 is 11.2 Å². The average molecular weight is 249 g/mol. The fraction of sp³-hybridized carbons (Fsp3) is 0.300. The molecule has 0 aliphatic carbocycles. The molecule has 94 valence electrons. The molecule has 0 aliphatic rings. The van der Waals surface area contributed by atoms with Gasteiger partial charge in [0.05, 0.1) is 5.56 Å². The van der Waals surface area contributed by atoms with Gasteiger partial charge < -0.3 is 4.98 Å². The Balaban J connectivity index is 2.32. The van der Waals surface area contributed by atoms with E-state index in [1.807, 2.05) is 0 Å². The van der Waals surface area contributed by atoms with Gasteiger partial charge in [0.1, 0.15) is 12.2 Å². The number of carbonyl (C=O) groups is 1. The predicted octanol–water partition coefficient (Wildman–Crippen LogP) is -0.900. The molecule has 0 amide bonds. The second-order valence-electron chi connectivity index (χ2n) is 3.70. The van der Waals surface area contributed by atoms with Crippen LogP contribution in [0.2, 0.25) is 0 Å². The van der Waals surface area contributed by atoms with Gasteiger partial charge in [-0.05, 0) is 6.92 Å². The third-order valence-electron chi connectivity index (χ3n) is 2.48. The molecule has 0 aliphatic heterocycles. The first kappa shape index (κ1) is 12.0. The molecule has 8 nitrogen and oxygen atoms in total. The van der Waals surface area contributed by atoms with Crippen LogP contribution in [0.3, 0.4) is 0 Å². The molecule has 0 spiro atoms. The van der Waals surface area contributed by atoms with Crippen molar-refractivity contribution < 1.29 is 4.79 Å². The number of Topliss-reactive ketones (excluding diaryl/α,β-unsaturated/α-hetero) is 1. The average Bonchev–Trinajstić information content (AvgIpc) is 2.81. The highest BCUT2D eigenvalue weighted by molar-refractivity contribution is 5.93. The zero-order chi connectivity index (χ0) is 13.1. The summed E-state index contributed by atoms with van der Waals surface area (Å²) in [5, 5.41) is 6.29. The lowest BCUT2D eigenvalue weighted by atomic mass is 10.2. The zero-order valence-corrected chi connectivity index (χ0v) is 9.64. The second-order valence-corrected chi connectivity index (χ2v) is 3.70. The van der Waals surface area contributed by atoms with Crippen LogP contribution in [0, 0.1) is 0 Å². The maximum absolute atomic E-state index is 11.9. The van der Waals surface area contributed by atoms with E-state index in [0.29, 0.717) is 12.2 Å². The Morgan fingerprint density at radius 1 is 1.44 bits per heavy atom. The topological polar surface area (TPSA) is 114 Å². The summed E-state index contributed by atoms with van der Waals surface area (Å²) >= 11 is 0. The third kappa shape index (κ3) is 2.26. The van der Waals surface area contributed by atoms with E-state index in [-0.39, 0.29) is 17.9 Å². The minimum Gasteiger partial charge on any atom is -0.313 e. The molecule has 0 fully saturated rings. The van der Waals surface area contributed by atoms with Gasteiger partial charge in [-0.15, -0.1) is 0 Å². The SMILES string of the molecule is CC(=O)c1c[nH]c(=O)n(CCc2ncn[nH]2)c1=O. The monoisotopic (exact) mass is 249 g/mol. The molecule has 8 heteroatoms. The maximum atomic E-state index is 11.9. The summed E-state index contributed by atoms with van der Waals surface area (Å²) in [7, 11) is 0. The maximum Gasteiger partial charge on any atom is 0.328 e. The lowest BCUT2D eigenvalue weighted by molar-refractivity contribution is 0.101. The Bertz CT molecular complexity index is 668. The van der Waals surface area contributed by atoms with E-state index < -0.39 is 11.2 Å². The van der Waals surface area contributed by atoms with Crippen LogP contribution in [0.1, 0.15) is 23.1 Å². The van der Waals surface area contributed by atoms with E-state index >= 15 is 0 Å². The van der Waals surface area contributed by atoms with Gasteiger partial charge in [0.25, 0.3) is 5.56 Å². The summed E-state index contributed by atoms with van der Waals surface area (Å²) in [6, 6.07) is 0. The zero-order valence-electron chi connectivity index (χ0n) is 9.64. The molecule has 0 saturated heterocycles. The van der Waals surface area contributed by atoms with Crippen molar-refractivity contribution in [1.29, 1.82) is 0 Å². The number of aryl methyl sites for hydroxylation is 1. The molecule has 2 N–H and O–H groups in total. The molecule has 0 bridgehead atoms. The van der Waals surface area contributed by atoms with E-state index in [1.165, 1.54) is 13.3 Å². The summed E-state index contributed by atoms with van der Waals surface area (Å²) in [6.07, 6.45) is 2.83. The Labute approximate surface area is 101 Å². The molecule has 0 saturated carbocycles. The molecule has 2 rings (SSSR count). The summed E-state index contributed by atoms with van der Waals surface area (Å²) in [5.74, 6) is 0.180. The van der Waals surface area contributed by atoms with Crippen LogP contribution in [-0.4, -0.2) is 30.5 Å². The number of aromatic nitrogens is 5. The molecule has 2 heterocycles. The minimum absolute atomic E-state index is 0.0350. The number of nitrogens with one attached hydrogen (secondary N) is 2. The second kappa shape index (κ2) is 4.78. The molecule has 18 heavy (non-hydrogen) atoms. The van der Waals surface area contributed by atoms with Crippen LogP contribution >= 0.6 is 0 Å². The summed E-state index contributed by atoms with van der Waals surface area (Å²) in [5.41, 5.74) is -1.18. The predicted molar refractivity (Wildman–Crippen MR) is 61.4 cm³/mol. The molecule has 0 radical (unpaired) electrons. The van der Waals surface area contributed by atoms with E-state index in [4.69, 9.17) is 0 Å². The van der Waals surface area contributed by atoms with Gasteiger partial charge in [0.2, 0.25) is 0 Å². The van der Waals surface area contributed by atoms with E-state index in [1.54, 1.807) is 0 Å². The van der Waals surface area contributed by atoms with Crippen molar-refractivity contribution in [3.05, 3.63) is 44.8 Å². The van der Waals surface area contributed by atoms with Crippen LogP contribution in [0.5, 0.6) is 0 Å². The van der Waals surface area contributed by atoms with E-state index in [9.17, 15) is 14.4 Å². The molecule has 2 aromatic rings. The molecule has 2 aromatic heterocycles. The lowest BCUT2D eigenvalue weighted by Crippen LogP contribution is -2.38. The largest absolute Gasteiger partial charge is 0.328 e. The molecule has 0 atom stereocenters. The van der Waals surface area contributed by atoms with Crippen molar-refractivity contribution >= 4 is 5.78 Å². The smallest absolute Gasteiger partial charge is 0.313 e. The number of H-pyrrole nitrogens is 2. The van der Waals surface area contributed by atoms with Gasteiger partial charge in [0, 0.05) is 19.2 Å². The van der Waals surface area contributed by atoms with Crippen molar-refractivity contribution in [3.8, 4) is 0 Å². The van der Waals surface area contributed by atoms with E-state index in [2.05, 4.69) is 20.2 Å². The number of nitrogens with zero attached hydrogens (tertiary/aromatic N) is 3. The fourth-order valence-corrected chi connectivity index (χ4v) is 1.54. The van der Waals surface area contributed by atoms with Gasteiger partial charge in [-0.3, -0.25) is 19.3 Å².